The van der Waals surface area contributed by atoms with Crippen molar-refractivity contribution in [2.75, 3.05) is 0 Å². The summed E-state index contributed by atoms with van der Waals surface area (Å²) in [5.74, 6) is -1.79. The number of hydrogen-bond donors (Lipinski definition) is 4. The number of benzene rings is 2. The molecule has 0 aromatic heterocycles. The maximum absolute atomic E-state index is 13.1. The van der Waals surface area contributed by atoms with E-state index in [2.05, 4.69) is 10.6 Å². The Morgan fingerprint density at radius 3 is 2.13 bits per heavy atom. The summed E-state index contributed by atoms with van der Waals surface area (Å²) < 4.78 is 39.3. The lowest BCUT2D eigenvalue weighted by atomic mass is 9.80. The second-order valence-corrected chi connectivity index (χ2v) is 8.29. The van der Waals surface area contributed by atoms with E-state index in [0.717, 1.165) is 17.7 Å². The van der Waals surface area contributed by atoms with E-state index in [0.29, 0.717) is 6.07 Å². The van der Waals surface area contributed by atoms with E-state index in [-0.39, 0.29) is 12.0 Å². The van der Waals surface area contributed by atoms with Crippen molar-refractivity contribution < 1.29 is 33.0 Å². The van der Waals surface area contributed by atoms with E-state index >= 15 is 0 Å². The van der Waals surface area contributed by atoms with Gasteiger partial charge in [-0.1, -0.05) is 51.1 Å². The Balaban J connectivity index is 2.40. The molecule has 0 saturated heterocycles. The lowest BCUT2D eigenvalue weighted by molar-refractivity contribution is -0.138. The molecule has 2 unspecified atom stereocenters. The minimum atomic E-state index is -4.83. The summed E-state index contributed by atoms with van der Waals surface area (Å²) in [6.45, 7) is 5.38. The number of carboxylic acid groups (broad SMARTS) is 1. The molecule has 0 bridgehead atoms. The first-order valence-electron chi connectivity index (χ1n) is 9.53. The number of halogens is 3. The summed E-state index contributed by atoms with van der Waals surface area (Å²) in [5, 5.41) is 23.9. The van der Waals surface area contributed by atoms with Gasteiger partial charge in [0.2, 0.25) is 0 Å². The second kappa shape index (κ2) is 9.28. The van der Waals surface area contributed by atoms with E-state index in [1.54, 1.807) is 32.9 Å². The molecule has 0 aliphatic rings. The SMILES string of the molecule is CC(C)(C)C(NC(=O)O)C(Cc1ccccc1)NC(=O)c1ccc(O)c(C(F)(F)F)c1. The van der Waals surface area contributed by atoms with Gasteiger partial charge in [-0.05, 0) is 35.6 Å². The number of phenols is 1. The molecular formula is C22H25F3N2O4. The molecule has 168 valence electrons. The number of carbonyl (C=O) groups excluding carboxylic acids is 1. The Morgan fingerprint density at radius 2 is 1.61 bits per heavy atom. The van der Waals surface area contributed by atoms with Gasteiger partial charge in [-0.2, -0.15) is 13.2 Å². The first-order chi connectivity index (χ1) is 14.3. The number of rotatable bonds is 6. The zero-order chi connectivity index (χ0) is 23.4. The quantitative estimate of drug-likeness (QED) is 0.536. The fourth-order valence-electron chi connectivity index (χ4n) is 3.33. The van der Waals surface area contributed by atoms with E-state index in [9.17, 15) is 33.0 Å². The summed E-state index contributed by atoms with van der Waals surface area (Å²) in [5.41, 5.74) is -1.42. The van der Waals surface area contributed by atoms with Gasteiger partial charge in [0, 0.05) is 5.56 Å². The van der Waals surface area contributed by atoms with Gasteiger partial charge >= 0.3 is 12.3 Å². The van der Waals surface area contributed by atoms with Gasteiger partial charge in [0.15, 0.2) is 0 Å². The third kappa shape index (κ3) is 6.63. The molecule has 0 heterocycles. The number of carbonyl (C=O) groups is 2. The molecule has 0 aliphatic carbocycles. The Hall–Kier alpha value is -3.23. The highest BCUT2D eigenvalue weighted by Gasteiger charge is 2.37. The van der Waals surface area contributed by atoms with Crippen LogP contribution in [0.2, 0.25) is 0 Å². The molecule has 2 amide bonds. The lowest BCUT2D eigenvalue weighted by Gasteiger charge is -2.37. The van der Waals surface area contributed by atoms with Gasteiger partial charge in [0.25, 0.3) is 5.91 Å². The number of aromatic hydroxyl groups is 1. The Morgan fingerprint density at radius 1 is 1.00 bits per heavy atom. The molecule has 4 N–H and O–H groups in total. The number of alkyl halides is 3. The lowest BCUT2D eigenvalue weighted by Crippen LogP contribution is -2.58. The molecule has 2 atom stereocenters. The van der Waals surface area contributed by atoms with Gasteiger partial charge in [-0.15, -0.1) is 0 Å². The minimum absolute atomic E-state index is 0.249. The normalized spacial score (nSPS) is 13.9. The van der Waals surface area contributed by atoms with Crippen LogP contribution in [0.5, 0.6) is 5.75 Å². The summed E-state index contributed by atoms with van der Waals surface area (Å²) in [6.07, 6.45) is -5.86. The Kier molecular flexibility index (Phi) is 7.20. The van der Waals surface area contributed by atoms with Crippen LogP contribution in [0, 0.1) is 5.41 Å². The molecule has 0 saturated carbocycles. The van der Waals surface area contributed by atoms with Gasteiger partial charge in [0.1, 0.15) is 5.75 Å². The summed E-state index contributed by atoms with van der Waals surface area (Å²) in [7, 11) is 0. The first kappa shape index (κ1) is 24.0. The van der Waals surface area contributed by atoms with Crippen LogP contribution in [0.15, 0.2) is 48.5 Å². The van der Waals surface area contributed by atoms with Gasteiger partial charge < -0.3 is 20.8 Å². The van der Waals surface area contributed by atoms with E-state index in [1.807, 2.05) is 18.2 Å². The van der Waals surface area contributed by atoms with Gasteiger partial charge in [0.05, 0.1) is 17.6 Å². The molecule has 6 nitrogen and oxygen atoms in total. The maximum Gasteiger partial charge on any atom is 0.419 e. The van der Waals surface area contributed by atoms with Crippen molar-refractivity contribution in [3.8, 4) is 5.75 Å². The van der Waals surface area contributed by atoms with Crippen LogP contribution in [-0.2, 0) is 12.6 Å². The molecule has 2 aromatic carbocycles. The standard InChI is InChI=1S/C22H25F3N2O4/c1-21(2,3)18(27-20(30)31)16(11-13-7-5-4-6-8-13)26-19(29)14-9-10-17(28)15(12-14)22(23,24)25/h4-10,12,16,18,27-28H,11H2,1-3H3,(H,26,29)(H,30,31). The average molecular weight is 438 g/mol. The van der Waals surface area contributed by atoms with Crippen LogP contribution in [0.4, 0.5) is 18.0 Å². The highest BCUT2D eigenvalue weighted by atomic mass is 19.4. The first-order valence-corrected chi connectivity index (χ1v) is 9.53. The molecule has 9 heteroatoms. The van der Waals surface area contributed by atoms with Gasteiger partial charge in [-0.3, -0.25) is 4.79 Å². The topological polar surface area (TPSA) is 98.7 Å². The van der Waals surface area contributed by atoms with Crippen molar-refractivity contribution in [3.05, 3.63) is 65.2 Å². The van der Waals surface area contributed by atoms with E-state index < -0.39 is 47.0 Å². The van der Waals surface area contributed by atoms with Crippen LogP contribution in [-0.4, -0.2) is 34.3 Å². The summed E-state index contributed by atoms with van der Waals surface area (Å²) in [6, 6.07) is 9.97. The van der Waals surface area contributed by atoms with Crippen LogP contribution in [0.1, 0.15) is 42.3 Å². The van der Waals surface area contributed by atoms with E-state index in [1.165, 1.54) is 0 Å². The largest absolute Gasteiger partial charge is 0.507 e. The summed E-state index contributed by atoms with van der Waals surface area (Å²) in [4.78, 5) is 24.2. The minimum Gasteiger partial charge on any atom is -0.507 e. The van der Waals surface area contributed by atoms with Crippen molar-refractivity contribution >= 4 is 12.0 Å². The van der Waals surface area contributed by atoms with Gasteiger partial charge in [-0.25, -0.2) is 4.79 Å². The molecule has 0 aliphatic heterocycles. The van der Waals surface area contributed by atoms with Crippen molar-refractivity contribution in [1.82, 2.24) is 10.6 Å². The zero-order valence-corrected chi connectivity index (χ0v) is 17.3. The molecule has 2 aromatic rings. The smallest absolute Gasteiger partial charge is 0.419 e. The highest BCUT2D eigenvalue weighted by molar-refractivity contribution is 5.95. The molecule has 0 radical (unpaired) electrons. The molecule has 0 spiro atoms. The summed E-state index contributed by atoms with van der Waals surface area (Å²) >= 11 is 0. The number of phenolic OH excluding ortho intramolecular Hbond substituents is 1. The number of nitrogens with one attached hydrogen (secondary N) is 2. The van der Waals surface area contributed by atoms with Crippen molar-refractivity contribution in [2.45, 2.75) is 45.5 Å². The Labute approximate surface area is 178 Å². The number of amides is 2. The zero-order valence-electron chi connectivity index (χ0n) is 17.3. The average Bonchev–Trinajstić information content (AvgIpc) is 2.64. The molecule has 2 rings (SSSR count). The highest BCUT2D eigenvalue weighted by Crippen LogP contribution is 2.36. The predicted octanol–water partition coefficient (Wildman–Crippen LogP) is 4.43. The van der Waals surface area contributed by atoms with Crippen LogP contribution in [0.25, 0.3) is 0 Å². The fraction of sp³-hybridized carbons (Fsp3) is 0.364. The molecular weight excluding hydrogens is 413 g/mol. The van der Waals surface area contributed by atoms with Crippen LogP contribution < -0.4 is 10.6 Å². The molecule has 31 heavy (non-hydrogen) atoms. The molecule has 0 fully saturated rings. The van der Waals surface area contributed by atoms with Crippen molar-refractivity contribution in [1.29, 1.82) is 0 Å². The third-order valence-electron chi connectivity index (χ3n) is 4.79. The second-order valence-electron chi connectivity index (χ2n) is 8.29. The van der Waals surface area contributed by atoms with Crippen molar-refractivity contribution in [3.63, 3.8) is 0 Å². The van der Waals surface area contributed by atoms with Crippen molar-refractivity contribution in [2.24, 2.45) is 5.41 Å². The van der Waals surface area contributed by atoms with Crippen LogP contribution >= 0.6 is 0 Å². The van der Waals surface area contributed by atoms with E-state index in [4.69, 9.17) is 0 Å². The monoisotopic (exact) mass is 438 g/mol. The predicted molar refractivity (Wildman–Crippen MR) is 109 cm³/mol. The maximum atomic E-state index is 13.1. The third-order valence-corrected chi connectivity index (χ3v) is 4.79. The van der Waals surface area contributed by atoms with Crippen LogP contribution in [0.3, 0.4) is 0 Å². The number of hydrogen-bond acceptors (Lipinski definition) is 3. The Bertz CT molecular complexity index is 925. The fourth-order valence-corrected chi connectivity index (χ4v) is 3.33.